The fourth-order valence-corrected chi connectivity index (χ4v) is 4.55. The van der Waals surface area contributed by atoms with Crippen molar-refractivity contribution in [3.05, 3.63) is 53.6 Å². The van der Waals surface area contributed by atoms with Crippen molar-refractivity contribution in [3.8, 4) is 0 Å². The third kappa shape index (κ3) is 4.20. The molecule has 3 rings (SSSR count). The van der Waals surface area contributed by atoms with E-state index in [0.717, 1.165) is 21.3 Å². The minimum Gasteiger partial charge on any atom is -0.273 e. The lowest BCUT2D eigenvalue weighted by atomic mass is 10.2. The number of aryl methyl sites for hydroxylation is 2. The van der Waals surface area contributed by atoms with Crippen LogP contribution in [-0.4, -0.2) is 25.1 Å². The molecule has 0 bridgehead atoms. The quantitative estimate of drug-likeness (QED) is 0.632. The van der Waals surface area contributed by atoms with Gasteiger partial charge in [0.05, 0.1) is 20.9 Å². The minimum atomic E-state index is -3.48. The van der Waals surface area contributed by atoms with Crippen LogP contribution in [0.25, 0.3) is 10.2 Å². The number of fused-ring (bicyclic) bond motifs is 1. The van der Waals surface area contributed by atoms with Gasteiger partial charge >= 0.3 is 0 Å². The Morgan fingerprint density at radius 2 is 1.85 bits per heavy atom. The zero-order valence-electron chi connectivity index (χ0n) is 14.4. The van der Waals surface area contributed by atoms with Crippen LogP contribution in [0.15, 0.2) is 47.4 Å². The maximum Gasteiger partial charge on any atom is 0.239 e. The Labute approximate surface area is 156 Å². The molecular weight excluding hydrogens is 370 g/mol. The summed E-state index contributed by atoms with van der Waals surface area (Å²) in [6.45, 7) is 3.86. The third-order valence-corrected chi connectivity index (χ3v) is 6.58. The molecule has 0 unspecified atom stereocenters. The molecule has 3 aromatic rings. The SMILES string of the molecule is Cc1ccc(S(=O)(=O)CCC(=O)NNc2nc3c(C)cccc3s2)cc1. The van der Waals surface area contributed by atoms with Crippen molar-refractivity contribution in [2.45, 2.75) is 25.2 Å². The predicted octanol–water partition coefficient (Wildman–Crippen LogP) is 3.22. The lowest BCUT2D eigenvalue weighted by Gasteiger charge is -2.07. The first kappa shape index (κ1) is 18.3. The van der Waals surface area contributed by atoms with Crippen LogP contribution in [0.1, 0.15) is 17.5 Å². The Kier molecular flexibility index (Phi) is 5.24. The highest BCUT2D eigenvalue weighted by Crippen LogP contribution is 2.27. The average Bonchev–Trinajstić information content (AvgIpc) is 3.03. The van der Waals surface area contributed by atoms with Gasteiger partial charge in [0.1, 0.15) is 0 Å². The monoisotopic (exact) mass is 389 g/mol. The number of rotatable bonds is 6. The molecule has 2 aromatic carbocycles. The van der Waals surface area contributed by atoms with E-state index in [1.165, 1.54) is 11.3 Å². The van der Waals surface area contributed by atoms with E-state index in [1.807, 2.05) is 32.0 Å². The fraction of sp³-hybridized carbons (Fsp3) is 0.222. The molecule has 0 saturated carbocycles. The Hall–Kier alpha value is -2.45. The zero-order chi connectivity index (χ0) is 18.7. The van der Waals surface area contributed by atoms with Gasteiger partial charge < -0.3 is 0 Å². The number of nitrogens with one attached hydrogen (secondary N) is 2. The van der Waals surface area contributed by atoms with Gasteiger partial charge in [0.15, 0.2) is 9.84 Å². The van der Waals surface area contributed by atoms with Gasteiger partial charge in [0.2, 0.25) is 11.0 Å². The van der Waals surface area contributed by atoms with Crippen LogP contribution >= 0.6 is 11.3 Å². The minimum absolute atomic E-state index is 0.132. The number of benzene rings is 2. The second-order valence-corrected chi connectivity index (χ2v) is 9.14. The van der Waals surface area contributed by atoms with E-state index in [4.69, 9.17) is 0 Å². The van der Waals surface area contributed by atoms with Crippen LogP contribution in [0.4, 0.5) is 5.13 Å². The van der Waals surface area contributed by atoms with Gasteiger partial charge in [-0.05, 0) is 37.6 Å². The highest BCUT2D eigenvalue weighted by Gasteiger charge is 2.16. The van der Waals surface area contributed by atoms with Crippen molar-refractivity contribution in [3.63, 3.8) is 0 Å². The first-order chi connectivity index (χ1) is 12.3. The van der Waals surface area contributed by atoms with Crippen molar-refractivity contribution in [1.82, 2.24) is 10.4 Å². The number of nitrogens with zero attached hydrogens (tertiary/aromatic N) is 1. The Morgan fingerprint density at radius 1 is 1.12 bits per heavy atom. The summed E-state index contributed by atoms with van der Waals surface area (Å²) in [6, 6.07) is 12.5. The first-order valence-electron chi connectivity index (χ1n) is 8.05. The number of thiazole rings is 1. The fourth-order valence-electron chi connectivity index (χ4n) is 2.42. The van der Waals surface area contributed by atoms with Crippen LogP contribution in [-0.2, 0) is 14.6 Å². The number of hydrogen-bond donors (Lipinski definition) is 2. The number of sulfone groups is 1. The zero-order valence-corrected chi connectivity index (χ0v) is 16.1. The van der Waals surface area contributed by atoms with Gasteiger partial charge in [-0.15, -0.1) is 0 Å². The van der Waals surface area contributed by atoms with E-state index in [0.29, 0.717) is 5.13 Å². The van der Waals surface area contributed by atoms with Crippen molar-refractivity contribution in [2.24, 2.45) is 0 Å². The molecule has 6 nitrogen and oxygen atoms in total. The first-order valence-corrected chi connectivity index (χ1v) is 10.5. The molecule has 0 saturated heterocycles. The van der Waals surface area contributed by atoms with E-state index >= 15 is 0 Å². The number of aromatic nitrogens is 1. The molecule has 0 spiro atoms. The summed E-state index contributed by atoms with van der Waals surface area (Å²) in [5, 5.41) is 0.559. The second kappa shape index (κ2) is 7.43. The summed E-state index contributed by atoms with van der Waals surface area (Å²) in [6.07, 6.45) is -0.132. The Balaban J connectivity index is 1.56. The van der Waals surface area contributed by atoms with Gasteiger partial charge in [0, 0.05) is 6.42 Å². The van der Waals surface area contributed by atoms with Crippen molar-refractivity contribution in [1.29, 1.82) is 0 Å². The molecule has 1 aromatic heterocycles. The molecular formula is C18H19N3O3S2. The summed E-state index contributed by atoms with van der Waals surface area (Å²) in [7, 11) is -3.48. The topological polar surface area (TPSA) is 88.2 Å². The standard InChI is InChI=1S/C18H19N3O3S2/c1-12-6-8-14(9-7-12)26(23,24)11-10-16(22)20-21-18-19-17-13(2)4-3-5-15(17)25-18/h3-9H,10-11H2,1-2H3,(H,19,21)(H,20,22). The summed E-state index contributed by atoms with van der Waals surface area (Å²) in [5.74, 6) is -0.653. The van der Waals surface area contributed by atoms with Crippen LogP contribution in [0, 0.1) is 13.8 Å². The number of carbonyl (C=O) groups excluding carboxylic acids is 1. The summed E-state index contributed by atoms with van der Waals surface area (Å²) >= 11 is 1.42. The molecule has 0 aliphatic carbocycles. The third-order valence-electron chi connectivity index (χ3n) is 3.91. The molecule has 0 atom stereocenters. The van der Waals surface area contributed by atoms with Gasteiger partial charge in [-0.25, -0.2) is 13.4 Å². The van der Waals surface area contributed by atoms with E-state index in [9.17, 15) is 13.2 Å². The Morgan fingerprint density at radius 3 is 2.54 bits per heavy atom. The van der Waals surface area contributed by atoms with Gasteiger partial charge in [-0.1, -0.05) is 41.2 Å². The van der Waals surface area contributed by atoms with E-state index < -0.39 is 15.7 Å². The normalized spacial score (nSPS) is 11.5. The van der Waals surface area contributed by atoms with Gasteiger partial charge in [-0.3, -0.25) is 15.6 Å². The van der Waals surface area contributed by atoms with E-state index in [2.05, 4.69) is 15.8 Å². The number of amides is 1. The van der Waals surface area contributed by atoms with E-state index in [1.54, 1.807) is 24.3 Å². The highest BCUT2D eigenvalue weighted by molar-refractivity contribution is 7.91. The number of carbonyl (C=O) groups is 1. The molecule has 1 amide bonds. The van der Waals surface area contributed by atoms with Crippen molar-refractivity contribution < 1.29 is 13.2 Å². The molecule has 2 N–H and O–H groups in total. The molecule has 0 radical (unpaired) electrons. The number of hydrazine groups is 1. The molecule has 26 heavy (non-hydrogen) atoms. The second-order valence-electron chi connectivity index (χ2n) is 6.00. The Bertz CT molecular complexity index is 1040. The molecule has 1 heterocycles. The molecule has 0 aliphatic heterocycles. The number of para-hydroxylation sites is 1. The molecule has 0 fully saturated rings. The van der Waals surface area contributed by atoms with Gasteiger partial charge in [-0.2, -0.15) is 0 Å². The lowest BCUT2D eigenvalue weighted by molar-refractivity contribution is -0.120. The predicted molar refractivity (Wildman–Crippen MR) is 104 cm³/mol. The maximum absolute atomic E-state index is 12.3. The molecule has 136 valence electrons. The lowest BCUT2D eigenvalue weighted by Crippen LogP contribution is -2.30. The van der Waals surface area contributed by atoms with Crippen molar-refractivity contribution >= 4 is 42.4 Å². The smallest absolute Gasteiger partial charge is 0.239 e. The number of anilines is 1. The summed E-state index contributed by atoms with van der Waals surface area (Å²) < 4.78 is 25.6. The maximum atomic E-state index is 12.3. The van der Waals surface area contributed by atoms with Gasteiger partial charge in [0.25, 0.3) is 0 Å². The highest BCUT2D eigenvalue weighted by atomic mass is 32.2. The average molecular weight is 390 g/mol. The van der Waals surface area contributed by atoms with Crippen LogP contribution in [0.3, 0.4) is 0 Å². The van der Waals surface area contributed by atoms with E-state index in [-0.39, 0.29) is 17.1 Å². The molecule has 8 heteroatoms. The summed E-state index contributed by atoms with van der Waals surface area (Å²) in [5.41, 5.74) is 8.19. The molecule has 0 aliphatic rings. The van der Waals surface area contributed by atoms with Crippen molar-refractivity contribution in [2.75, 3.05) is 11.2 Å². The largest absolute Gasteiger partial charge is 0.273 e. The van der Waals surface area contributed by atoms with Crippen LogP contribution in [0.5, 0.6) is 0 Å². The van der Waals surface area contributed by atoms with Crippen LogP contribution in [0.2, 0.25) is 0 Å². The summed E-state index contributed by atoms with van der Waals surface area (Å²) in [4.78, 5) is 16.6. The van der Waals surface area contributed by atoms with Crippen LogP contribution < -0.4 is 10.9 Å². The number of hydrogen-bond acceptors (Lipinski definition) is 6.